The number of hydrogen-bond acceptors (Lipinski definition) is 6. The summed E-state index contributed by atoms with van der Waals surface area (Å²) in [5.74, 6) is -0.0828. The van der Waals surface area contributed by atoms with Crippen LogP contribution in [-0.4, -0.2) is 25.9 Å². The summed E-state index contributed by atoms with van der Waals surface area (Å²) in [7, 11) is 1.86. The zero-order chi connectivity index (χ0) is 17.1. The van der Waals surface area contributed by atoms with Gasteiger partial charge in [-0.25, -0.2) is 0 Å². The van der Waals surface area contributed by atoms with E-state index in [-0.39, 0.29) is 11.2 Å². The molecular weight excluding hydrogens is 342 g/mol. The van der Waals surface area contributed by atoms with E-state index in [1.165, 1.54) is 16.6 Å². The molecule has 0 saturated heterocycles. The first-order valence-electron chi connectivity index (χ1n) is 8.00. The van der Waals surface area contributed by atoms with Gasteiger partial charge in [-0.3, -0.25) is 4.79 Å². The lowest BCUT2D eigenvalue weighted by Gasteiger charge is -2.13. The first-order chi connectivity index (χ1) is 11.6. The van der Waals surface area contributed by atoms with Gasteiger partial charge in [-0.15, -0.1) is 21.5 Å². The molecule has 8 heteroatoms. The van der Waals surface area contributed by atoms with Crippen molar-refractivity contribution in [1.29, 1.82) is 5.26 Å². The summed E-state index contributed by atoms with van der Waals surface area (Å²) in [6, 6.07) is 2.28. The number of carbonyl (C=O) groups is 1. The molecular formula is C16H19N5OS2. The molecule has 0 aromatic carbocycles. The van der Waals surface area contributed by atoms with E-state index in [0.717, 1.165) is 31.2 Å². The van der Waals surface area contributed by atoms with Gasteiger partial charge >= 0.3 is 0 Å². The number of carbonyl (C=O) groups excluding carboxylic acids is 1. The zero-order valence-electron chi connectivity index (χ0n) is 13.7. The van der Waals surface area contributed by atoms with Crippen molar-refractivity contribution < 1.29 is 4.79 Å². The van der Waals surface area contributed by atoms with E-state index in [9.17, 15) is 10.1 Å². The number of anilines is 1. The van der Waals surface area contributed by atoms with Crippen LogP contribution in [0, 0.1) is 11.3 Å². The first-order valence-corrected chi connectivity index (χ1v) is 9.69. The largest absolute Gasteiger partial charge is 0.316 e. The second-order valence-electron chi connectivity index (χ2n) is 5.76. The minimum atomic E-state index is -0.265. The smallest absolute Gasteiger partial charge is 0.238 e. The number of fused-ring (bicyclic) bond motifs is 1. The summed E-state index contributed by atoms with van der Waals surface area (Å²) >= 11 is 2.95. The molecule has 0 unspecified atom stereocenters. The van der Waals surface area contributed by atoms with E-state index in [1.54, 1.807) is 22.2 Å². The van der Waals surface area contributed by atoms with Crippen molar-refractivity contribution in [2.24, 2.45) is 7.05 Å². The van der Waals surface area contributed by atoms with Crippen LogP contribution in [0.5, 0.6) is 0 Å². The Bertz CT molecular complexity index is 789. The molecule has 1 amide bonds. The number of nitriles is 1. The van der Waals surface area contributed by atoms with Crippen LogP contribution in [0.15, 0.2) is 11.5 Å². The molecule has 2 aromatic rings. The van der Waals surface area contributed by atoms with E-state index in [1.807, 2.05) is 14.0 Å². The van der Waals surface area contributed by atoms with Gasteiger partial charge in [0.15, 0.2) is 5.16 Å². The molecule has 0 spiro atoms. The predicted octanol–water partition coefficient (Wildman–Crippen LogP) is 3.14. The van der Waals surface area contributed by atoms with Crippen LogP contribution in [0.3, 0.4) is 0 Å². The van der Waals surface area contributed by atoms with Gasteiger partial charge in [0.2, 0.25) is 5.91 Å². The standard InChI is InChI=1S/C16H19N5OS2/c1-3-12(24-16-20-18-9-21(16)2)14(22)19-15-11(8-17)10-6-4-5-7-13(10)23-15/h9,12H,3-7H2,1-2H3,(H,19,22)/t12-/m0/s1. The van der Waals surface area contributed by atoms with Crippen LogP contribution in [0.2, 0.25) is 0 Å². The lowest BCUT2D eigenvalue weighted by atomic mass is 9.96. The van der Waals surface area contributed by atoms with Crippen molar-refractivity contribution >= 4 is 34.0 Å². The summed E-state index contributed by atoms with van der Waals surface area (Å²) in [5.41, 5.74) is 1.79. The van der Waals surface area contributed by atoms with Gasteiger partial charge in [0.1, 0.15) is 17.4 Å². The third-order valence-electron chi connectivity index (χ3n) is 4.10. The summed E-state index contributed by atoms with van der Waals surface area (Å²) < 4.78 is 1.80. The lowest BCUT2D eigenvalue weighted by molar-refractivity contribution is -0.115. The maximum atomic E-state index is 12.7. The maximum absolute atomic E-state index is 12.7. The second kappa shape index (κ2) is 7.36. The fourth-order valence-electron chi connectivity index (χ4n) is 2.79. The minimum Gasteiger partial charge on any atom is -0.316 e. The van der Waals surface area contributed by atoms with Gasteiger partial charge in [0, 0.05) is 11.9 Å². The molecule has 6 nitrogen and oxygen atoms in total. The third-order valence-corrected chi connectivity index (χ3v) is 6.72. The molecule has 2 heterocycles. The molecule has 2 aromatic heterocycles. The molecule has 3 rings (SSSR count). The zero-order valence-corrected chi connectivity index (χ0v) is 15.3. The predicted molar refractivity (Wildman–Crippen MR) is 95.2 cm³/mol. The van der Waals surface area contributed by atoms with Gasteiger partial charge in [-0.05, 0) is 37.7 Å². The molecule has 126 valence electrons. The Labute approximate surface area is 149 Å². The monoisotopic (exact) mass is 361 g/mol. The van der Waals surface area contributed by atoms with E-state index >= 15 is 0 Å². The van der Waals surface area contributed by atoms with Crippen LogP contribution in [0.1, 0.15) is 42.2 Å². The highest BCUT2D eigenvalue weighted by atomic mass is 32.2. The summed E-state index contributed by atoms with van der Waals surface area (Å²) in [6.45, 7) is 1.97. The molecule has 1 atom stereocenters. The number of nitrogens with one attached hydrogen (secondary N) is 1. The summed E-state index contributed by atoms with van der Waals surface area (Å²) in [5, 5.41) is 21.5. The Morgan fingerprint density at radius 3 is 3.00 bits per heavy atom. The van der Waals surface area contributed by atoms with Crippen molar-refractivity contribution in [3.63, 3.8) is 0 Å². The van der Waals surface area contributed by atoms with Crippen LogP contribution in [-0.2, 0) is 24.7 Å². The summed E-state index contributed by atoms with van der Waals surface area (Å²) in [4.78, 5) is 13.9. The quantitative estimate of drug-likeness (QED) is 0.827. The number of thiophene rings is 1. The minimum absolute atomic E-state index is 0.0828. The van der Waals surface area contributed by atoms with E-state index in [2.05, 4.69) is 21.6 Å². The van der Waals surface area contributed by atoms with Gasteiger partial charge in [0.25, 0.3) is 0 Å². The van der Waals surface area contributed by atoms with Crippen LogP contribution in [0.4, 0.5) is 5.00 Å². The lowest BCUT2D eigenvalue weighted by Crippen LogP contribution is -2.25. The van der Waals surface area contributed by atoms with Crippen molar-refractivity contribution in [1.82, 2.24) is 14.8 Å². The van der Waals surface area contributed by atoms with E-state index in [4.69, 9.17) is 0 Å². The van der Waals surface area contributed by atoms with Gasteiger partial charge in [-0.1, -0.05) is 18.7 Å². The van der Waals surface area contributed by atoms with Crippen LogP contribution < -0.4 is 5.32 Å². The normalized spacial score (nSPS) is 14.7. The molecule has 0 saturated carbocycles. The second-order valence-corrected chi connectivity index (χ2v) is 8.03. The van der Waals surface area contributed by atoms with Crippen LogP contribution >= 0.6 is 23.1 Å². The van der Waals surface area contributed by atoms with Gasteiger partial charge in [0.05, 0.1) is 10.8 Å². The Morgan fingerprint density at radius 1 is 1.54 bits per heavy atom. The van der Waals surface area contributed by atoms with E-state index in [0.29, 0.717) is 22.1 Å². The fraction of sp³-hybridized carbons (Fsp3) is 0.500. The average molecular weight is 361 g/mol. The van der Waals surface area contributed by atoms with Crippen molar-refractivity contribution in [3.8, 4) is 6.07 Å². The Balaban J connectivity index is 1.77. The number of nitrogens with zero attached hydrogens (tertiary/aromatic N) is 4. The van der Waals surface area contributed by atoms with Gasteiger partial charge in [-0.2, -0.15) is 5.26 Å². The Hall–Kier alpha value is -1.85. The average Bonchev–Trinajstić information content (AvgIpc) is 3.14. The molecule has 1 N–H and O–H groups in total. The first kappa shape index (κ1) is 17.0. The number of rotatable bonds is 5. The number of hydrogen-bond donors (Lipinski definition) is 1. The fourth-order valence-corrected chi connectivity index (χ4v) is 4.93. The Morgan fingerprint density at radius 2 is 2.33 bits per heavy atom. The molecule has 0 bridgehead atoms. The summed E-state index contributed by atoms with van der Waals surface area (Å²) in [6.07, 6.45) is 6.52. The number of thioether (sulfide) groups is 1. The van der Waals surface area contributed by atoms with Gasteiger partial charge < -0.3 is 9.88 Å². The third kappa shape index (κ3) is 3.32. The molecule has 24 heavy (non-hydrogen) atoms. The number of amides is 1. The number of aromatic nitrogens is 3. The molecule has 0 fully saturated rings. The van der Waals surface area contributed by atoms with Crippen molar-refractivity contribution in [2.75, 3.05) is 5.32 Å². The van der Waals surface area contributed by atoms with E-state index < -0.39 is 0 Å². The SMILES string of the molecule is CC[C@H](Sc1nncn1C)C(=O)Nc1sc2c(c1C#N)CCCC2. The molecule has 1 aliphatic carbocycles. The topological polar surface area (TPSA) is 83.6 Å². The maximum Gasteiger partial charge on any atom is 0.238 e. The highest BCUT2D eigenvalue weighted by molar-refractivity contribution is 8.00. The Kier molecular flexibility index (Phi) is 5.21. The van der Waals surface area contributed by atoms with Crippen molar-refractivity contribution in [3.05, 3.63) is 22.3 Å². The number of aryl methyl sites for hydroxylation is 2. The van der Waals surface area contributed by atoms with Crippen LogP contribution in [0.25, 0.3) is 0 Å². The highest BCUT2D eigenvalue weighted by Gasteiger charge is 2.25. The molecule has 0 aliphatic heterocycles. The molecule has 0 radical (unpaired) electrons. The molecule has 1 aliphatic rings. The van der Waals surface area contributed by atoms with Crippen molar-refractivity contribution in [2.45, 2.75) is 49.4 Å². The highest BCUT2D eigenvalue weighted by Crippen LogP contribution is 2.38.